The topological polar surface area (TPSA) is 26.3 Å². The standard InChI is InChI=1S/C19H30O2/c1-5-19(21-17(20)18(2,3)4)10-13-9-14(19)16-12-7-6-11(8-12)15(13)16/h11-16H,5-10H2,1-4H3/t11?,12-,13?,14?,15?,16?,19?/m1/s1. The minimum Gasteiger partial charge on any atom is -0.458 e. The first-order valence-corrected chi connectivity index (χ1v) is 9.09. The molecule has 4 bridgehead atoms. The van der Waals surface area contributed by atoms with Gasteiger partial charge in [0, 0.05) is 5.92 Å². The Morgan fingerprint density at radius 1 is 1.10 bits per heavy atom. The number of hydrogen-bond donors (Lipinski definition) is 0. The van der Waals surface area contributed by atoms with E-state index >= 15 is 0 Å². The maximum atomic E-state index is 12.5. The monoisotopic (exact) mass is 290 g/mol. The molecule has 0 amide bonds. The lowest BCUT2D eigenvalue weighted by molar-refractivity contribution is -0.182. The summed E-state index contributed by atoms with van der Waals surface area (Å²) in [4.78, 5) is 12.5. The van der Waals surface area contributed by atoms with Gasteiger partial charge in [0.15, 0.2) is 0 Å². The third-order valence-electron chi connectivity index (χ3n) is 7.40. The van der Waals surface area contributed by atoms with E-state index in [1.165, 1.54) is 25.7 Å². The van der Waals surface area contributed by atoms with E-state index in [-0.39, 0.29) is 17.0 Å². The van der Waals surface area contributed by atoms with E-state index in [4.69, 9.17) is 4.74 Å². The molecule has 4 fully saturated rings. The fraction of sp³-hybridized carbons (Fsp3) is 0.947. The minimum atomic E-state index is -0.377. The van der Waals surface area contributed by atoms with Crippen LogP contribution in [0.4, 0.5) is 0 Å². The van der Waals surface area contributed by atoms with E-state index in [0.717, 1.165) is 42.4 Å². The van der Waals surface area contributed by atoms with Crippen LogP contribution in [-0.2, 0) is 9.53 Å². The van der Waals surface area contributed by atoms with Gasteiger partial charge in [0.2, 0.25) is 0 Å². The maximum Gasteiger partial charge on any atom is 0.311 e. The zero-order valence-electron chi connectivity index (χ0n) is 14.0. The van der Waals surface area contributed by atoms with Crippen molar-refractivity contribution in [3.63, 3.8) is 0 Å². The van der Waals surface area contributed by atoms with Crippen molar-refractivity contribution < 1.29 is 9.53 Å². The Hall–Kier alpha value is -0.530. The van der Waals surface area contributed by atoms with Gasteiger partial charge in [0.1, 0.15) is 5.60 Å². The van der Waals surface area contributed by atoms with Crippen LogP contribution < -0.4 is 0 Å². The molecule has 4 aliphatic rings. The van der Waals surface area contributed by atoms with Crippen molar-refractivity contribution >= 4 is 5.97 Å². The van der Waals surface area contributed by atoms with Crippen LogP contribution in [-0.4, -0.2) is 11.6 Å². The van der Waals surface area contributed by atoms with Gasteiger partial charge in [-0.15, -0.1) is 0 Å². The van der Waals surface area contributed by atoms with Gasteiger partial charge in [-0.05, 0) is 88.9 Å². The van der Waals surface area contributed by atoms with Crippen molar-refractivity contribution in [2.45, 2.75) is 71.8 Å². The third kappa shape index (κ3) is 1.80. The summed E-state index contributed by atoms with van der Waals surface area (Å²) in [6.07, 6.45) is 7.91. The summed E-state index contributed by atoms with van der Waals surface area (Å²) in [6.45, 7) is 8.17. The predicted molar refractivity (Wildman–Crippen MR) is 82.6 cm³/mol. The molecule has 118 valence electrons. The Bertz CT molecular complexity index is 463. The van der Waals surface area contributed by atoms with E-state index in [2.05, 4.69) is 6.92 Å². The average Bonchev–Trinajstić information content (AvgIpc) is 3.15. The molecule has 0 N–H and O–H groups in total. The Kier molecular flexibility index (Phi) is 2.86. The van der Waals surface area contributed by atoms with E-state index < -0.39 is 0 Å². The minimum absolute atomic E-state index is 0.0107. The van der Waals surface area contributed by atoms with E-state index in [0.29, 0.717) is 5.92 Å². The first-order valence-electron chi connectivity index (χ1n) is 9.09. The molecule has 7 atom stereocenters. The zero-order chi connectivity index (χ0) is 15.0. The molecule has 2 heteroatoms. The third-order valence-corrected chi connectivity index (χ3v) is 7.40. The van der Waals surface area contributed by atoms with Crippen molar-refractivity contribution in [1.29, 1.82) is 0 Å². The molecule has 0 saturated heterocycles. The molecule has 0 heterocycles. The Morgan fingerprint density at radius 3 is 2.38 bits per heavy atom. The molecule has 0 radical (unpaired) electrons. The van der Waals surface area contributed by atoms with Gasteiger partial charge in [-0.3, -0.25) is 4.79 Å². The molecule has 4 saturated carbocycles. The largest absolute Gasteiger partial charge is 0.458 e. The second kappa shape index (κ2) is 4.26. The van der Waals surface area contributed by atoms with E-state index in [1.807, 2.05) is 20.8 Å². The summed E-state index contributed by atoms with van der Waals surface area (Å²) < 4.78 is 6.22. The van der Waals surface area contributed by atoms with Crippen LogP contribution >= 0.6 is 0 Å². The van der Waals surface area contributed by atoms with Gasteiger partial charge in [-0.2, -0.15) is 0 Å². The number of esters is 1. The predicted octanol–water partition coefficient (Wildman–Crippen LogP) is 4.43. The molecular formula is C19H30O2. The molecular weight excluding hydrogens is 260 g/mol. The summed E-state index contributed by atoms with van der Waals surface area (Å²) in [5.74, 6) is 5.37. The number of ether oxygens (including phenoxy) is 1. The van der Waals surface area contributed by atoms with Crippen molar-refractivity contribution in [2.75, 3.05) is 0 Å². The molecule has 0 aromatic heterocycles. The fourth-order valence-corrected chi connectivity index (χ4v) is 6.63. The molecule has 4 rings (SSSR count). The summed E-state index contributed by atoms with van der Waals surface area (Å²) in [7, 11) is 0. The van der Waals surface area contributed by atoms with Crippen LogP contribution in [0.15, 0.2) is 0 Å². The van der Waals surface area contributed by atoms with Crippen LogP contribution in [0.3, 0.4) is 0 Å². The normalized spacial score (nSPS) is 50.5. The molecule has 0 aromatic rings. The van der Waals surface area contributed by atoms with Gasteiger partial charge < -0.3 is 4.74 Å². The number of rotatable bonds is 2. The van der Waals surface area contributed by atoms with Crippen LogP contribution in [0.1, 0.15) is 66.2 Å². The van der Waals surface area contributed by atoms with Crippen LogP contribution in [0, 0.1) is 40.9 Å². The lowest BCUT2D eigenvalue weighted by Gasteiger charge is -2.46. The summed E-state index contributed by atoms with van der Waals surface area (Å²) in [6, 6.07) is 0. The molecule has 2 nitrogen and oxygen atoms in total. The highest BCUT2D eigenvalue weighted by Crippen LogP contribution is 2.70. The number of hydrogen-bond acceptors (Lipinski definition) is 2. The first kappa shape index (κ1) is 14.1. The second-order valence-corrected chi connectivity index (χ2v) is 9.35. The van der Waals surface area contributed by atoms with Gasteiger partial charge in [0.05, 0.1) is 5.41 Å². The molecule has 0 aromatic carbocycles. The molecule has 4 aliphatic carbocycles. The fourth-order valence-electron chi connectivity index (χ4n) is 6.63. The molecule has 21 heavy (non-hydrogen) atoms. The molecule has 6 unspecified atom stereocenters. The van der Waals surface area contributed by atoms with Gasteiger partial charge in [0.25, 0.3) is 0 Å². The van der Waals surface area contributed by atoms with Gasteiger partial charge in [-0.1, -0.05) is 6.92 Å². The van der Waals surface area contributed by atoms with Gasteiger partial charge >= 0.3 is 5.97 Å². The van der Waals surface area contributed by atoms with Crippen LogP contribution in [0.2, 0.25) is 0 Å². The zero-order valence-corrected chi connectivity index (χ0v) is 14.0. The average molecular weight is 290 g/mol. The highest BCUT2D eigenvalue weighted by Gasteiger charge is 2.67. The smallest absolute Gasteiger partial charge is 0.311 e. The number of fused-ring (bicyclic) bond motifs is 9. The highest BCUT2D eigenvalue weighted by molar-refractivity contribution is 5.76. The lowest BCUT2D eigenvalue weighted by Crippen LogP contribution is -2.48. The maximum absolute atomic E-state index is 12.5. The van der Waals surface area contributed by atoms with Crippen LogP contribution in [0.25, 0.3) is 0 Å². The molecule has 0 aliphatic heterocycles. The van der Waals surface area contributed by atoms with Crippen molar-refractivity contribution in [3.8, 4) is 0 Å². The number of carbonyl (C=O) groups excluding carboxylic acids is 1. The first-order chi connectivity index (χ1) is 9.86. The lowest BCUT2D eigenvalue weighted by atomic mass is 9.65. The molecule has 0 spiro atoms. The van der Waals surface area contributed by atoms with E-state index in [1.54, 1.807) is 0 Å². The van der Waals surface area contributed by atoms with Crippen LogP contribution in [0.5, 0.6) is 0 Å². The summed E-state index contributed by atoms with van der Waals surface area (Å²) in [5, 5.41) is 0. The SMILES string of the molecule is CCC1(OC(=O)C(C)(C)C)CC2CC1C1C2C2CC[C@@H]1C2. The summed E-state index contributed by atoms with van der Waals surface area (Å²) >= 11 is 0. The quantitative estimate of drug-likeness (QED) is 0.555. The number of carbonyl (C=O) groups is 1. The second-order valence-electron chi connectivity index (χ2n) is 9.35. The Balaban J connectivity index is 1.60. The Morgan fingerprint density at radius 2 is 1.76 bits per heavy atom. The van der Waals surface area contributed by atoms with Gasteiger partial charge in [-0.25, -0.2) is 0 Å². The van der Waals surface area contributed by atoms with Crippen molar-refractivity contribution in [1.82, 2.24) is 0 Å². The van der Waals surface area contributed by atoms with E-state index in [9.17, 15) is 4.79 Å². The van der Waals surface area contributed by atoms with Crippen molar-refractivity contribution in [2.24, 2.45) is 40.9 Å². The highest BCUT2D eigenvalue weighted by atomic mass is 16.6. The van der Waals surface area contributed by atoms with Crippen molar-refractivity contribution in [3.05, 3.63) is 0 Å². The summed E-state index contributed by atoms with van der Waals surface area (Å²) in [5.41, 5.74) is -0.501. The Labute approximate surface area is 129 Å².